The maximum Gasteiger partial charge on any atom is 0.142 e. The van der Waals surface area contributed by atoms with Gasteiger partial charge in [-0.2, -0.15) is 0 Å². The van der Waals surface area contributed by atoms with Crippen LogP contribution in [0.3, 0.4) is 0 Å². The summed E-state index contributed by atoms with van der Waals surface area (Å²) in [5, 5.41) is 10.6. The van der Waals surface area contributed by atoms with Crippen molar-refractivity contribution in [3.8, 4) is 0 Å². The van der Waals surface area contributed by atoms with Gasteiger partial charge in [0, 0.05) is 6.42 Å². The van der Waals surface area contributed by atoms with E-state index in [4.69, 9.17) is 11.6 Å². The van der Waals surface area contributed by atoms with Gasteiger partial charge in [0.25, 0.3) is 0 Å². The zero-order valence-corrected chi connectivity index (χ0v) is 11.2. The van der Waals surface area contributed by atoms with E-state index in [2.05, 4.69) is 0 Å². The molecule has 0 saturated heterocycles. The number of aliphatic hydroxyl groups is 1. The Labute approximate surface area is 108 Å². The number of rotatable bonds is 6. The molecule has 96 valence electrons. The molecule has 0 unspecified atom stereocenters. The Morgan fingerprint density at radius 1 is 1.24 bits per heavy atom. The molecule has 0 saturated carbocycles. The van der Waals surface area contributed by atoms with E-state index in [0.717, 1.165) is 31.2 Å². The largest absolute Gasteiger partial charge is 0.390 e. The summed E-state index contributed by atoms with van der Waals surface area (Å²) in [6, 6.07) is 4.74. The maximum absolute atomic E-state index is 13.3. The third-order valence-electron chi connectivity index (χ3n) is 2.95. The fourth-order valence-electron chi connectivity index (χ4n) is 2.26. The zero-order chi connectivity index (χ0) is 12.9. The summed E-state index contributed by atoms with van der Waals surface area (Å²) in [6.45, 7) is 4.09. The molecule has 0 radical (unpaired) electrons. The van der Waals surface area contributed by atoms with Crippen LogP contribution < -0.4 is 0 Å². The van der Waals surface area contributed by atoms with E-state index in [-0.39, 0.29) is 5.02 Å². The Balaban J connectivity index is 2.81. The lowest BCUT2D eigenvalue weighted by Gasteiger charge is -2.27. The molecule has 1 aromatic carbocycles. The first-order chi connectivity index (χ1) is 8.00. The molecule has 17 heavy (non-hydrogen) atoms. The molecule has 0 bridgehead atoms. The average Bonchev–Trinajstić information content (AvgIpc) is 2.24. The second-order valence-electron chi connectivity index (χ2n) is 4.65. The van der Waals surface area contributed by atoms with Crippen molar-refractivity contribution in [2.75, 3.05) is 0 Å². The quantitative estimate of drug-likeness (QED) is 0.804. The number of halogens is 2. The Kier molecular flexibility index (Phi) is 5.41. The minimum Gasteiger partial charge on any atom is -0.390 e. The Morgan fingerprint density at radius 3 is 2.29 bits per heavy atom. The number of benzene rings is 1. The molecule has 0 spiro atoms. The highest BCUT2D eigenvalue weighted by molar-refractivity contribution is 6.30. The Morgan fingerprint density at radius 2 is 1.82 bits per heavy atom. The summed E-state index contributed by atoms with van der Waals surface area (Å²) in [6.07, 6.45) is 3.82. The topological polar surface area (TPSA) is 20.2 Å². The second kappa shape index (κ2) is 6.36. The van der Waals surface area contributed by atoms with Gasteiger partial charge in [0.2, 0.25) is 0 Å². The van der Waals surface area contributed by atoms with Crippen LogP contribution in [0.15, 0.2) is 18.2 Å². The summed E-state index contributed by atoms with van der Waals surface area (Å²) in [5.41, 5.74) is 0.0836. The summed E-state index contributed by atoms with van der Waals surface area (Å²) in [5.74, 6) is -0.417. The van der Waals surface area contributed by atoms with Crippen molar-refractivity contribution >= 4 is 11.6 Å². The highest BCUT2D eigenvalue weighted by Crippen LogP contribution is 2.26. The molecular weight excluding hydrogens is 239 g/mol. The zero-order valence-electron chi connectivity index (χ0n) is 10.5. The summed E-state index contributed by atoms with van der Waals surface area (Å²) < 4.78 is 13.3. The molecular formula is C14H20ClFO. The van der Waals surface area contributed by atoms with Gasteiger partial charge in [-0.05, 0) is 30.5 Å². The van der Waals surface area contributed by atoms with E-state index in [1.54, 1.807) is 12.1 Å². The monoisotopic (exact) mass is 258 g/mol. The maximum atomic E-state index is 13.3. The van der Waals surface area contributed by atoms with E-state index in [1.165, 1.54) is 6.07 Å². The van der Waals surface area contributed by atoms with Crippen LogP contribution in [0.2, 0.25) is 5.02 Å². The van der Waals surface area contributed by atoms with Crippen LogP contribution in [-0.4, -0.2) is 10.7 Å². The van der Waals surface area contributed by atoms with Crippen molar-refractivity contribution in [1.82, 2.24) is 0 Å². The normalized spacial score (nSPS) is 11.8. The fraction of sp³-hybridized carbons (Fsp3) is 0.571. The molecule has 0 atom stereocenters. The molecule has 1 rings (SSSR count). The highest BCUT2D eigenvalue weighted by atomic mass is 35.5. The van der Waals surface area contributed by atoms with Crippen molar-refractivity contribution < 1.29 is 9.50 Å². The molecule has 0 aromatic heterocycles. The summed E-state index contributed by atoms with van der Waals surface area (Å²) in [4.78, 5) is 0. The van der Waals surface area contributed by atoms with Gasteiger partial charge in [0.15, 0.2) is 0 Å². The number of hydrogen-bond acceptors (Lipinski definition) is 1. The first-order valence-electron chi connectivity index (χ1n) is 6.17. The molecule has 1 nitrogen and oxygen atoms in total. The third-order valence-corrected chi connectivity index (χ3v) is 3.25. The van der Waals surface area contributed by atoms with Crippen LogP contribution in [-0.2, 0) is 6.42 Å². The summed E-state index contributed by atoms with van der Waals surface area (Å²) in [7, 11) is 0. The van der Waals surface area contributed by atoms with E-state index < -0.39 is 11.4 Å². The van der Waals surface area contributed by atoms with Crippen LogP contribution in [0.25, 0.3) is 0 Å². The van der Waals surface area contributed by atoms with Gasteiger partial charge in [-0.25, -0.2) is 4.39 Å². The number of hydrogen-bond donors (Lipinski definition) is 1. The van der Waals surface area contributed by atoms with Gasteiger partial charge in [-0.3, -0.25) is 0 Å². The molecule has 0 aliphatic heterocycles. The lowest BCUT2D eigenvalue weighted by Crippen LogP contribution is -2.31. The van der Waals surface area contributed by atoms with Crippen LogP contribution in [0.1, 0.15) is 45.1 Å². The smallest absolute Gasteiger partial charge is 0.142 e. The molecule has 0 aliphatic carbocycles. The first-order valence-corrected chi connectivity index (χ1v) is 6.55. The lowest BCUT2D eigenvalue weighted by molar-refractivity contribution is 0.0216. The van der Waals surface area contributed by atoms with Gasteiger partial charge < -0.3 is 5.11 Å². The molecule has 0 aliphatic rings. The average molecular weight is 259 g/mol. The van der Waals surface area contributed by atoms with Crippen LogP contribution >= 0.6 is 11.6 Å². The highest BCUT2D eigenvalue weighted by Gasteiger charge is 2.25. The predicted octanol–water partition coefficient (Wildman–Crippen LogP) is 4.35. The molecule has 0 amide bonds. The summed E-state index contributed by atoms with van der Waals surface area (Å²) >= 11 is 5.64. The molecule has 1 N–H and O–H groups in total. The minimum atomic E-state index is -0.718. The lowest BCUT2D eigenvalue weighted by atomic mass is 9.86. The van der Waals surface area contributed by atoms with Crippen molar-refractivity contribution in [2.45, 2.75) is 51.6 Å². The SMILES string of the molecule is CCCC(O)(CCC)Cc1ccc(Cl)c(F)c1. The molecule has 1 aromatic rings. The first kappa shape index (κ1) is 14.5. The van der Waals surface area contributed by atoms with Crippen molar-refractivity contribution in [3.05, 3.63) is 34.6 Å². The third kappa shape index (κ3) is 4.29. The Bertz CT molecular complexity index is 359. The van der Waals surface area contributed by atoms with E-state index in [9.17, 15) is 9.50 Å². The van der Waals surface area contributed by atoms with Crippen LogP contribution in [0.4, 0.5) is 4.39 Å². The van der Waals surface area contributed by atoms with E-state index in [0.29, 0.717) is 6.42 Å². The Hall–Kier alpha value is -0.600. The van der Waals surface area contributed by atoms with Gasteiger partial charge in [-0.1, -0.05) is 44.4 Å². The van der Waals surface area contributed by atoms with Gasteiger partial charge >= 0.3 is 0 Å². The van der Waals surface area contributed by atoms with Gasteiger partial charge in [0.05, 0.1) is 10.6 Å². The van der Waals surface area contributed by atoms with Crippen molar-refractivity contribution in [1.29, 1.82) is 0 Å². The predicted molar refractivity (Wildman–Crippen MR) is 69.9 cm³/mol. The van der Waals surface area contributed by atoms with Gasteiger partial charge in [-0.15, -0.1) is 0 Å². The second-order valence-corrected chi connectivity index (χ2v) is 5.06. The fourth-order valence-corrected chi connectivity index (χ4v) is 2.38. The van der Waals surface area contributed by atoms with Gasteiger partial charge in [0.1, 0.15) is 5.82 Å². The standard InChI is InChI=1S/C14H20ClFO/c1-3-7-14(17,8-4-2)10-11-5-6-12(15)13(16)9-11/h5-6,9,17H,3-4,7-8,10H2,1-2H3. The molecule has 3 heteroatoms. The molecule has 0 heterocycles. The van der Waals surface area contributed by atoms with E-state index >= 15 is 0 Å². The van der Waals surface area contributed by atoms with Crippen LogP contribution in [0, 0.1) is 5.82 Å². The molecule has 0 fully saturated rings. The van der Waals surface area contributed by atoms with E-state index in [1.807, 2.05) is 13.8 Å². The van der Waals surface area contributed by atoms with Crippen molar-refractivity contribution in [2.24, 2.45) is 0 Å². The van der Waals surface area contributed by atoms with Crippen molar-refractivity contribution in [3.63, 3.8) is 0 Å². The minimum absolute atomic E-state index is 0.128. The van der Waals surface area contributed by atoms with Crippen LogP contribution in [0.5, 0.6) is 0 Å².